The fourth-order valence-electron chi connectivity index (χ4n) is 3.29. The lowest BCUT2D eigenvalue weighted by Gasteiger charge is -2.07. The summed E-state index contributed by atoms with van der Waals surface area (Å²) in [5, 5.41) is 0. The molecule has 0 amide bonds. The van der Waals surface area contributed by atoms with Crippen LogP contribution in [-0.4, -0.2) is 34.5 Å². The fourth-order valence-corrected chi connectivity index (χ4v) is 4.47. The molecule has 0 atom stereocenters. The number of nitrogens with zero attached hydrogens (tertiary/aromatic N) is 4. The van der Waals surface area contributed by atoms with Crippen LogP contribution in [0.1, 0.15) is 11.6 Å². The van der Waals surface area contributed by atoms with Crippen molar-refractivity contribution >= 4 is 33.4 Å². The van der Waals surface area contributed by atoms with Gasteiger partial charge in [0.15, 0.2) is 11.2 Å². The van der Waals surface area contributed by atoms with Gasteiger partial charge in [0, 0.05) is 42.5 Å². The zero-order chi connectivity index (χ0) is 22.8. The standard InChI is InChI=1S/C24H18N4O4S/c1-31-20-10-11-25-19(15-20)6-9-23-27-24-22(32-23)14-18(16-26-24)17-4-7-21(8-5-17)33(29,30)28-12-2-3-13-28/h2-16H,1H3/b9-6+. The third kappa shape index (κ3) is 4.13. The van der Waals surface area contributed by atoms with E-state index in [1.54, 1.807) is 80.2 Å². The quantitative estimate of drug-likeness (QED) is 0.369. The van der Waals surface area contributed by atoms with Crippen LogP contribution in [0, 0.1) is 0 Å². The molecule has 0 N–H and O–H groups in total. The summed E-state index contributed by atoms with van der Waals surface area (Å²) in [4.78, 5) is 13.2. The zero-order valence-electron chi connectivity index (χ0n) is 17.5. The lowest BCUT2D eigenvalue weighted by Crippen LogP contribution is -2.10. The summed E-state index contributed by atoms with van der Waals surface area (Å²) in [6.45, 7) is 0. The van der Waals surface area contributed by atoms with Crippen LogP contribution in [0.3, 0.4) is 0 Å². The number of fused-ring (bicyclic) bond motifs is 1. The Morgan fingerprint density at radius 3 is 2.52 bits per heavy atom. The van der Waals surface area contributed by atoms with Crippen molar-refractivity contribution < 1.29 is 17.6 Å². The number of hydrogen-bond acceptors (Lipinski definition) is 7. The van der Waals surface area contributed by atoms with Crippen LogP contribution in [-0.2, 0) is 10.0 Å². The first-order chi connectivity index (χ1) is 16.0. The number of methoxy groups -OCH3 is 1. The lowest BCUT2D eigenvalue weighted by molar-refractivity contribution is 0.414. The second-order valence-corrected chi connectivity index (χ2v) is 8.94. The van der Waals surface area contributed by atoms with Crippen LogP contribution < -0.4 is 4.74 Å². The van der Waals surface area contributed by atoms with Crippen LogP contribution in [0.25, 0.3) is 34.5 Å². The predicted octanol–water partition coefficient (Wildman–Crippen LogP) is 4.50. The van der Waals surface area contributed by atoms with Gasteiger partial charge in [0.2, 0.25) is 5.89 Å². The van der Waals surface area contributed by atoms with Gasteiger partial charge in [-0.3, -0.25) is 4.98 Å². The summed E-state index contributed by atoms with van der Waals surface area (Å²) in [6, 6.07) is 15.4. The number of hydrogen-bond donors (Lipinski definition) is 0. The van der Waals surface area contributed by atoms with Gasteiger partial charge in [0.25, 0.3) is 10.0 Å². The number of aromatic nitrogens is 4. The van der Waals surface area contributed by atoms with Crippen molar-refractivity contribution in [2.45, 2.75) is 4.90 Å². The van der Waals surface area contributed by atoms with E-state index in [1.807, 2.05) is 6.07 Å². The van der Waals surface area contributed by atoms with E-state index in [2.05, 4.69) is 15.0 Å². The van der Waals surface area contributed by atoms with Gasteiger partial charge in [0.1, 0.15) is 5.75 Å². The molecular formula is C24H18N4O4S. The van der Waals surface area contributed by atoms with Crippen molar-refractivity contribution in [3.05, 3.63) is 91.0 Å². The molecule has 4 aromatic heterocycles. The van der Waals surface area contributed by atoms with Crippen molar-refractivity contribution in [3.63, 3.8) is 0 Å². The van der Waals surface area contributed by atoms with Gasteiger partial charge in [-0.2, -0.15) is 4.98 Å². The predicted molar refractivity (Wildman–Crippen MR) is 124 cm³/mol. The van der Waals surface area contributed by atoms with E-state index in [1.165, 1.54) is 16.4 Å². The van der Waals surface area contributed by atoms with E-state index in [4.69, 9.17) is 9.15 Å². The third-order valence-electron chi connectivity index (χ3n) is 4.99. The number of pyridine rings is 2. The molecule has 8 nitrogen and oxygen atoms in total. The number of oxazole rings is 1. The molecule has 0 aliphatic carbocycles. The van der Waals surface area contributed by atoms with Gasteiger partial charge in [-0.1, -0.05) is 12.1 Å². The first-order valence-corrected chi connectivity index (χ1v) is 11.4. The number of benzene rings is 1. The van der Waals surface area contributed by atoms with Gasteiger partial charge in [0.05, 0.1) is 17.7 Å². The Labute approximate surface area is 189 Å². The summed E-state index contributed by atoms with van der Waals surface area (Å²) in [7, 11) is -2.01. The van der Waals surface area contributed by atoms with Crippen LogP contribution >= 0.6 is 0 Å². The highest BCUT2D eigenvalue weighted by Crippen LogP contribution is 2.26. The van der Waals surface area contributed by atoms with Crippen LogP contribution in [0.15, 0.2) is 88.7 Å². The molecule has 0 fully saturated rings. The monoisotopic (exact) mass is 458 g/mol. The molecule has 33 heavy (non-hydrogen) atoms. The van der Waals surface area contributed by atoms with Crippen molar-refractivity contribution in [1.29, 1.82) is 0 Å². The average Bonchev–Trinajstić information content (AvgIpc) is 3.53. The average molecular weight is 458 g/mol. The van der Waals surface area contributed by atoms with E-state index < -0.39 is 10.0 Å². The van der Waals surface area contributed by atoms with Crippen LogP contribution in [0.4, 0.5) is 0 Å². The van der Waals surface area contributed by atoms with E-state index in [0.717, 1.165) is 11.1 Å². The normalized spacial score (nSPS) is 11.9. The molecule has 5 aromatic rings. The highest BCUT2D eigenvalue weighted by molar-refractivity contribution is 7.90. The summed E-state index contributed by atoms with van der Waals surface area (Å²) in [5.41, 5.74) is 3.30. The largest absolute Gasteiger partial charge is 0.497 e. The van der Waals surface area contributed by atoms with Gasteiger partial charge >= 0.3 is 0 Å². The van der Waals surface area contributed by atoms with E-state index >= 15 is 0 Å². The smallest absolute Gasteiger partial charge is 0.267 e. The topological polar surface area (TPSA) is 100 Å². The molecule has 164 valence electrons. The first kappa shape index (κ1) is 20.7. The Kier molecular flexibility index (Phi) is 5.23. The molecular weight excluding hydrogens is 440 g/mol. The molecule has 0 unspecified atom stereocenters. The second-order valence-electron chi connectivity index (χ2n) is 7.09. The second kappa shape index (κ2) is 8.36. The number of rotatable bonds is 6. The zero-order valence-corrected chi connectivity index (χ0v) is 18.3. The number of ether oxygens (including phenoxy) is 1. The maximum absolute atomic E-state index is 12.6. The van der Waals surface area contributed by atoms with E-state index in [0.29, 0.717) is 28.6 Å². The highest BCUT2D eigenvalue weighted by Gasteiger charge is 2.16. The van der Waals surface area contributed by atoms with Crippen molar-refractivity contribution in [2.24, 2.45) is 0 Å². The molecule has 0 spiro atoms. The molecule has 0 aliphatic rings. The van der Waals surface area contributed by atoms with Crippen LogP contribution in [0.5, 0.6) is 5.75 Å². The van der Waals surface area contributed by atoms with Gasteiger partial charge in [-0.25, -0.2) is 17.4 Å². The summed E-state index contributed by atoms with van der Waals surface area (Å²) in [6.07, 6.45) is 9.83. The molecule has 1 aromatic carbocycles. The minimum atomic E-state index is -3.61. The van der Waals surface area contributed by atoms with Gasteiger partial charge < -0.3 is 9.15 Å². The Morgan fingerprint density at radius 1 is 0.970 bits per heavy atom. The molecule has 0 aliphatic heterocycles. The maximum atomic E-state index is 12.6. The summed E-state index contributed by atoms with van der Waals surface area (Å²) in [5.74, 6) is 1.10. The molecule has 0 bridgehead atoms. The Balaban J connectivity index is 1.40. The summed E-state index contributed by atoms with van der Waals surface area (Å²) >= 11 is 0. The Hall–Kier alpha value is -4.24. The van der Waals surface area contributed by atoms with Gasteiger partial charge in [-0.15, -0.1) is 0 Å². The van der Waals surface area contributed by atoms with Crippen LogP contribution in [0.2, 0.25) is 0 Å². The SMILES string of the molecule is COc1ccnc(/C=C/c2nc3ncc(-c4ccc(S(=O)(=O)n5cccc5)cc4)cc3o2)c1. The van der Waals surface area contributed by atoms with Crippen molar-refractivity contribution in [1.82, 2.24) is 18.9 Å². The van der Waals surface area contributed by atoms with Gasteiger partial charge in [-0.05, 0) is 48.0 Å². The first-order valence-electron chi connectivity index (χ1n) is 9.97. The molecule has 4 heterocycles. The third-order valence-corrected chi connectivity index (χ3v) is 6.65. The Morgan fingerprint density at radius 2 is 1.76 bits per heavy atom. The minimum absolute atomic E-state index is 0.203. The highest BCUT2D eigenvalue weighted by atomic mass is 32.2. The maximum Gasteiger partial charge on any atom is 0.267 e. The summed E-state index contributed by atoms with van der Waals surface area (Å²) < 4.78 is 37.5. The Bertz CT molecular complexity index is 1550. The van der Waals surface area contributed by atoms with E-state index in [-0.39, 0.29) is 4.90 Å². The van der Waals surface area contributed by atoms with Crippen molar-refractivity contribution in [2.75, 3.05) is 7.11 Å². The molecule has 0 saturated carbocycles. The molecule has 9 heteroatoms. The molecule has 0 radical (unpaired) electrons. The van der Waals surface area contributed by atoms with Crippen molar-refractivity contribution in [3.8, 4) is 16.9 Å². The molecule has 0 saturated heterocycles. The molecule has 5 rings (SSSR count). The lowest BCUT2D eigenvalue weighted by atomic mass is 10.1. The minimum Gasteiger partial charge on any atom is -0.497 e. The fraction of sp³-hybridized carbons (Fsp3) is 0.0417. The van der Waals surface area contributed by atoms with E-state index in [9.17, 15) is 8.42 Å².